The van der Waals surface area contributed by atoms with Crippen LogP contribution in [0.2, 0.25) is 0 Å². The highest BCUT2D eigenvalue weighted by atomic mass is 79.9. The van der Waals surface area contributed by atoms with Crippen molar-refractivity contribution in [3.05, 3.63) is 105 Å². The maximum atomic E-state index is 15.1. The number of hydrogen-bond acceptors (Lipinski definition) is 6. The van der Waals surface area contributed by atoms with E-state index >= 15 is 4.79 Å². The van der Waals surface area contributed by atoms with Gasteiger partial charge in [0.2, 0.25) is 5.88 Å². The third-order valence-electron chi connectivity index (χ3n) is 11.9. The molecule has 0 saturated carbocycles. The Morgan fingerprint density at radius 3 is 1.58 bits per heavy atom. The highest BCUT2D eigenvalue weighted by Crippen LogP contribution is 2.49. The van der Waals surface area contributed by atoms with E-state index in [2.05, 4.69) is 105 Å². The number of anilines is 2. The van der Waals surface area contributed by atoms with Crippen LogP contribution in [0, 0.1) is 0 Å². The lowest BCUT2D eigenvalue weighted by Crippen LogP contribution is -2.37. The number of unbranched alkanes of at least 4 members (excludes halogenated alkanes) is 10. The van der Waals surface area contributed by atoms with E-state index in [1.165, 1.54) is 9.13 Å². The van der Waals surface area contributed by atoms with Crippen molar-refractivity contribution >= 4 is 70.5 Å². The molecule has 0 unspecified atom stereocenters. The molecule has 0 atom stereocenters. The lowest BCUT2D eigenvalue weighted by molar-refractivity contribution is 0.406. The van der Waals surface area contributed by atoms with Gasteiger partial charge < -0.3 is 10.4 Å². The van der Waals surface area contributed by atoms with Crippen LogP contribution in [0.1, 0.15) is 144 Å². The Morgan fingerprint density at radius 1 is 0.567 bits per heavy atom. The van der Waals surface area contributed by atoms with Gasteiger partial charge in [-0.05, 0) is 90.9 Å². The number of halogens is 2. The third-order valence-corrected chi connectivity index (χ3v) is 13.5. The average molecular weight is 943 g/mol. The van der Waals surface area contributed by atoms with Crippen molar-refractivity contribution in [3.63, 3.8) is 0 Å². The molecule has 0 spiro atoms. The highest BCUT2D eigenvalue weighted by Gasteiger charge is 2.34. The molecule has 0 bridgehead atoms. The van der Waals surface area contributed by atoms with Gasteiger partial charge in [0.15, 0.2) is 0 Å². The van der Waals surface area contributed by atoms with Gasteiger partial charge in [0.1, 0.15) is 0 Å². The molecule has 4 aromatic rings. The molecule has 3 aromatic carbocycles. The Bertz CT molecular complexity index is 2650. The smallest absolute Gasteiger partial charge is 0.263 e. The van der Waals surface area contributed by atoms with Gasteiger partial charge in [-0.3, -0.25) is 23.5 Å². The van der Waals surface area contributed by atoms with E-state index < -0.39 is 16.7 Å². The fourth-order valence-corrected chi connectivity index (χ4v) is 9.65. The standard InChI is InChI=1S/C50H62Br2N4O4/c1-9-11-13-15-17-19-29-55-45(57)37-35-36-39(43(41(37)51)53-33-25-21-31(22-26-33)49(3,4)5)47(59)56(30-20-18-16-14-12-10-2)48(60)40(36)44(42(52)38(35)46(55)58)54-34-27-23-32(24-28-34)50(6,7)8/h21-28,53,59H,9-20,29-30H2,1-8H3. The summed E-state index contributed by atoms with van der Waals surface area (Å²) in [5.41, 5.74) is 3.23. The van der Waals surface area contributed by atoms with Crippen molar-refractivity contribution in [1.29, 1.82) is 0 Å². The molecule has 0 fully saturated rings. The predicted molar refractivity (Wildman–Crippen MR) is 258 cm³/mol. The van der Waals surface area contributed by atoms with E-state index in [9.17, 15) is 14.7 Å². The molecule has 0 saturated heterocycles. The van der Waals surface area contributed by atoms with Crippen molar-refractivity contribution in [2.75, 3.05) is 5.32 Å². The van der Waals surface area contributed by atoms with Crippen LogP contribution in [0.15, 0.2) is 76.9 Å². The number of nitrogens with one attached hydrogen (secondary N) is 1. The second-order valence-corrected chi connectivity index (χ2v) is 20.1. The summed E-state index contributed by atoms with van der Waals surface area (Å²) >= 11 is 7.67. The molecule has 2 N–H and O–H groups in total. The van der Waals surface area contributed by atoms with Gasteiger partial charge in [-0.25, -0.2) is 4.99 Å². The molecule has 2 heterocycles. The summed E-state index contributed by atoms with van der Waals surface area (Å²) in [4.78, 5) is 49.8. The summed E-state index contributed by atoms with van der Waals surface area (Å²) in [7, 11) is 0. The summed E-state index contributed by atoms with van der Waals surface area (Å²) in [6.45, 7) is 17.9. The number of rotatable bonds is 17. The first kappa shape index (κ1) is 45.5. The number of pyridine rings is 2. The summed E-state index contributed by atoms with van der Waals surface area (Å²) < 4.78 is 3.56. The van der Waals surface area contributed by atoms with Crippen molar-refractivity contribution in [3.8, 4) is 17.0 Å². The van der Waals surface area contributed by atoms with E-state index in [4.69, 9.17) is 4.99 Å². The summed E-state index contributed by atoms with van der Waals surface area (Å²) in [6.07, 6.45) is 12.0. The van der Waals surface area contributed by atoms with Crippen LogP contribution < -0.4 is 27.4 Å². The van der Waals surface area contributed by atoms with Crippen LogP contribution in [-0.2, 0) is 23.9 Å². The maximum Gasteiger partial charge on any atom is 0.263 e. The Labute approximate surface area is 371 Å². The molecule has 1 aromatic heterocycles. The Morgan fingerprint density at radius 2 is 1.05 bits per heavy atom. The Kier molecular flexibility index (Phi) is 14.4. The first-order valence-electron chi connectivity index (χ1n) is 22.0. The molecule has 0 amide bonds. The first-order valence-corrected chi connectivity index (χ1v) is 23.6. The summed E-state index contributed by atoms with van der Waals surface area (Å²) in [6, 6.07) is 16.0. The van der Waals surface area contributed by atoms with Gasteiger partial charge >= 0.3 is 0 Å². The molecular weight excluding hydrogens is 880 g/mol. The molecule has 8 nitrogen and oxygen atoms in total. The SMILES string of the molecule is CCCCCCCCn1c(O)c2c(Nc3ccc(C(C)(C)C)cc3)c(Br)c3c4c2c(c(=Nc2ccc(C(C)(C)C)cc2)c(Br)c-4c(=O)n(CCCCCCCC)c3=O)c1=O. The zero-order valence-electron chi connectivity index (χ0n) is 36.8. The van der Waals surface area contributed by atoms with Crippen LogP contribution >= 0.6 is 31.9 Å². The van der Waals surface area contributed by atoms with Crippen molar-refractivity contribution in [2.24, 2.45) is 4.99 Å². The molecule has 1 aliphatic heterocycles. The fourth-order valence-electron chi connectivity index (χ4n) is 8.33. The zero-order valence-corrected chi connectivity index (χ0v) is 40.0. The number of aromatic nitrogens is 2. The van der Waals surface area contributed by atoms with Crippen LogP contribution in [0.3, 0.4) is 0 Å². The summed E-state index contributed by atoms with van der Waals surface area (Å²) in [5.74, 6) is -0.217. The van der Waals surface area contributed by atoms with Crippen molar-refractivity contribution < 1.29 is 5.11 Å². The molecular formula is C50H62Br2N4O4. The van der Waals surface area contributed by atoms with Gasteiger partial charge in [0.25, 0.3) is 16.7 Å². The van der Waals surface area contributed by atoms with Gasteiger partial charge in [-0.1, -0.05) is 144 Å². The fraction of sp³-hybridized carbons (Fsp3) is 0.480. The minimum Gasteiger partial charge on any atom is -0.494 e. The zero-order chi connectivity index (χ0) is 43.5. The predicted octanol–water partition coefficient (Wildman–Crippen LogP) is 13.2. The second-order valence-electron chi connectivity index (χ2n) is 18.5. The minimum absolute atomic E-state index is 0.0637. The monoisotopic (exact) mass is 940 g/mol. The molecule has 320 valence electrons. The number of aromatic hydroxyl groups is 1. The van der Waals surface area contributed by atoms with Gasteiger partial charge in [-0.2, -0.15) is 0 Å². The molecule has 0 radical (unpaired) electrons. The van der Waals surface area contributed by atoms with Gasteiger partial charge in [-0.15, -0.1) is 0 Å². The largest absolute Gasteiger partial charge is 0.494 e. The maximum absolute atomic E-state index is 15.1. The van der Waals surface area contributed by atoms with E-state index in [1.54, 1.807) is 0 Å². The second kappa shape index (κ2) is 18.9. The molecule has 2 aliphatic rings. The lowest BCUT2D eigenvalue weighted by atomic mass is 9.87. The Hall–Kier alpha value is -4.02. The van der Waals surface area contributed by atoms with Crippen molar-refractivity contribution in [2.45, 2.75) is 156 Å². The quantitative estimate of drug-likeness (QED) is 0.0700. The Balaban J connectivity index is 1.72. The number of nitrogens with zero attached hydrogens (tertiary/aromatic N) is 3. The van der Waals surface area contributed by atoms with Gasteiger partial charge in [0, 0.05) is 29.7 Å². The summed E-state index contributed by atoms with van der Waals surface area (Å²) in [5, 5.41) is 17.5. The van der Waals surface area contributed by atoms with Gasteiger partial charge in [0.05, 0.1) is 47.4 Å². The highest BCUT2D eigenvalue weighted by molar-refractivity contribution is 9.11. The van der Waals surface area contributed by atoms with Crippen LogP contribution in [0.25, 0.3) is 32.7 Å². The third kappa shape index (κ3) is 9.25. The number of benzene rings is 4. The van der Waals surface area contributed by atoms with E-state index in [0.29, 0.717) is 61.4 Å². The molecule has 10 heteroatoms. The normalized spacial score (nSPS) is 12.8. The van der Waals surface area contributed by atoms with Crippen molar-refractivity contribution in [1.82, 2.24) is 9.13 Å². The van der Waals surface area contributed by atoms with Crippen LogP contribution in [0.5, 0.6) is 5.88 Å². The molecule has 6 rings (SSSR count). The first-order chi connectivity index (χ1) is 28.5. The average Bonchev–Trinajstić information content (AvgIpc) is 3.19. The van der Waals surface area contributed by atoms with Crippen LogP contribution in [0.4, 0.5) is 17.1 Å². The lowest BCUT2D eigenvalue weighted by Gasteiger charge is -2.25. The minimum atomic E-state index is -0.447. The van der Waals surface area contributed by atoms with E-state index in [0.717, 1.165) is 81.0 Å². The number of hydrogen-bond donors (Lipinski definition) is 2. The van der Waals surface area contributed by atoms with Crippen LogP contribution in [-0.4, -0.2) is 14.2 Å². The molecule has 60 heavy (non-hydrogen) atoms. The topological polar surface area (TPSA) is 106 Å². The van der Waals surface area contributed by atoms with E-state index in [-0.39, 0.29) is 39.6 Å². The van der Waals surface area contributed by atoms with E-state index in [1.807, 2.05) is 36.4 Å². The molecule has 1 aliphatic carbocycles.